The average Bonchev–Trinajstić information content (AvgIpc) is 2.69. The number of nitrogens with zero attached hydrogens (tertiary/aromatic N) is 2. The fourth-order valence-electron chi connectivity index (χ4n) is 3.57. The molecular formula is C22H28FN3O. The van der Waals surface area contributed by atoms with Crippen molar-refractivity contribution in [1.29, 1.82) is 0 Å². The lowest BCUT2D eigenvalue weighted by Gasteiger charge is -2.39. The molecule has 1 fully saturated rings. The Kier molecular flexibility index (Phi) is 6.11. The van der Waals surface area contributed by atoms with E-state index in [0.717, 1.165) is 26.2 Å². The molecule has 0 radical (unpaired) electrons. The Labute approximate surface area is 161 Å². The highest BCUT2D eigenvalue weighted by molar-refractivity contribution is 5.81. The van der Waals surface area contributed by atoms with E-state index in [1.807, 2.05) is 6.92 Å². The number of benzene rings is 2. The minimum Gasteiger partial charge on any atom is -0.369 e. The molecule has 1 saturated heterocycles. The molecule has 27 heavy (non-hydrogen) atoms. The van der Waals surface area contributed by atoms with Crippen LogP contribution in [0.25, 0.3) is 0 Å². The number of hydrogen-bond donors (Lipinski definition) is 1. The molecule has 1 aliphatic heterocycles. The van der Waals surface area contributed by atoms with Crippen molar-refractivity contribution in [3.05, 3.63) is 65.0 Å². The average molecular weight is 369 g/mol. The number of nitrogens with one attached hydrogen (secondary N) is 1. The van der Waals surface area contributed by atoms with Crippen molar-refractivity contribution in [3.63, 3.8) is 0 Å². The van der Waals surface area contributed by atoms with E-state index < -0.39 is 0 Å². The van der Waals surface area contributed by atoms with E-state index >= 15 is 0 Å². The molecule has 0 saturated carbocycles. The Balaban J connectivity index is 1.53. The van der Waals surface area contributed by atoms with Gasteiger partial charge in [0.15, 0.2) is 0 Å². The van der Waals surface area contributed by atoms with Crippen LogP contribution in [0, 0.1) is 19.7 Å². The lowest BCUT2D eigenvalue weighted by atomic mass is 10.1. The van der Waals surface area contributed by atoms with Crippen molar-refractivity contribution in [3.8, 4) is 0 Å². The van der Waals surface area contributed by atoms with Crippen LogP contribution in [0.1, 0.15) is 23.6 Å². The van der Waals surface area contributed by atoms with Crippen molar-refractivity contribution < 1.29 is 9.18 Å². The van der Waals surface area contributed by atoms with Gasteiger partial charge in [-0.3, -0.25) is 9.69 Å². The lowest BCUT2D eigenvalue weighted by Crippen LogP contribution is -2.54. The van der Waals surface area contributed by atoms with Gasteiger partial charge in [-0.1, -0.05) is 30.3 Å². The number of piperazine rings is 1. The van der Waals surface area contributed by atoms with Gasteiger partial charge in [0, 0.05) is 44.0 Å². The van der Waals surface area contributed by atoms with E-state index in [4.69, 9.17) is 0 Å². The van der Waals surface area contributed by atoms with Gasteiger partial charge in [0.25, 0.3) is 0 Å². The second-order valence-corrected chi connectivity index (χ2v) is 7.23. The van der Waals surface area contributed by atoms with Crippen molar-refractivity contribution in [1.82, 2.24) is 10.2 Å². The molecule has 1 amide bonds. The standard InChI is InChI=1S/C22H28FN3O/c1-16-7-6-10-21(17(16)2)26-13-11-25(12-14-26)18(3)22(27)24-15-19-8-4-5-9-20(19)23/h4-10,18H,11-15H2,1-3H3,(H,24,27). The summed E-state index contributed by atoms with van der Waals surface area (Å²) in [7, 11) is 0. The second kappa shape index (κ2) is 8.53. The molecule has 4 nitrogen and oxygen atoms in total. The first-order chi connectivity index (χ1) is 13.0. The van der Waals surface area contributed by atoms with Gasteiger partial charge in [0.05, 0.1) is 6.04 Å². The lowest BCUT2D eigenvalue weighted by molar-refractivity contribution is -0.126. The van der Waals surface area contributed by atoms with Crippen molar-refractivity contribution in [2.24, 2.45) is 0 Å². The fraction of sp³-hybridized carbons (Fsp3) is 0.409. The van der Waals surface area contributed by atoms with E-state index in [9.17, 15) is 9.18 Å². The molecule has 144 valence electrons. The zero-order chi connectivity index (χ0) is 19.4. The zero-order valence-electron chi connectivity index (χ0n) is 16.3. The van der Waals surface area contributed by atoms with E-state index in [1.54, 1.807) is 18.2 Å². The molecule has 2 aromatic carbocycles. The Hall–Kier alpha value is -2.40. The molecule has 0 aliphatic carbocycles. The maximum absolute atomic E-state index is 13.7. The minimum absolute atomic E-state index is 0.0570. The Morgan fingerprint density at radius 3 is 2.48 bits per heavy atom. The topological polar surface area (TPSA) is 35.6 Å². The predicted molar refractivity (Wildman–Crippen MR) is 107 cm³/mol. The Bertz CT molecular complexity index is 800. The third-order valence-corrected chi connectivity index (χ3v) is 5.57. The molecule has 0 aromatic heterocycles. The molecule has 1 atom stereocenters. The summed E-state index contributed by atoms with van der Waals surface area (Å²) < 4.78 is 13.7. The van der Waals surface area contributed by atoms with Crippen LogP contribution >= 0.6 is 0 Å². The quantitative estimate of drug-likeness (QED) is 0.879. The van der Waals surface area contributed by atoms with Crippen LogP contribution in [0.5, 0.6) is 0 Å². The van der Waals surface area contributed by atoms with Crippen molar-refractivity contribution in [2.75, 3.05) is 31.1 Å². The van der Waals surface area contributed by atoms with Crippen LogP contribution in [-0.2, 0) is 11.3 Å². The van der Waals surface area contributed by atoms with Crippen molar-refractivity contribution >= 4 is 11.6 Å². The van der Waals surface area contributed by atoms with Crippen LogP contribution in [0.4, 0.5) is 10.1 Å². The summed E-state index contributed by atoms with van der Waals surface area (Å²) in [5.41, 5.74) is 4.42. The van der Waals surface area contributed by atoms with E-state index in [0.29, 0.717) is 5.56 Å². The summed E-state index contributed by atoms with van der Waals surface area (Å²) in [4.78, 5) is 17.1. The fourth-order valence-corrected chi connectivity index (χ4v) is 3.57. The largest absolute Gasteiger partial charge is 0.369 e. The second-order valence-electron chi connectivity index (χ2n) is 7.23. The highest BCUT2D eigenvalue weighted by atomic mass is 19.1. The van der Waals surface area contributed by atoms with Gasteiger partial charge in [-0.25, -0.2) is 4.39 Å². The number of amides is 1. The smallest absolute Gasteiger partial charge is 0.237 e. The summed E-state index contributed by atoms with van der Waals surface area (Å²) in [6.07, 6.45) is 0. The third-order valence-electron chi connectivity index (χ3n) is 5.57. The number of hydrogen-bond acceptors (Lipinski definition) is 3. The first-order valence-corrected chi connectivity index (χ1v) is 9.53. The molecule has 2 aromatic rings. The molecule has 1 aliphatic rings. The summed E-state index contributed by atoms with van der Waals surface area (Å²) in [5, 5.41) is 2.86. The molecular weight excluding hydrogens is 341 g/mol. The predicted octanol–water partition coefficient (Wildman–Crippen LogP) is 3.27. The van der Waals surface area contributed by atoms with Gasteiger partial charge in [-0.05, 0) is 44.0 Å². The van der Waals surface area contributed by atoms with E-state index in [2.05, 4.69) is 47.2 Å². The summed E-state index contributed by atoms with van der Waals surface area (Å²) in [6, 6.07) is 12.7. The molecule has 0 spiro atoms. The molecule has 1 N–H and O–H groups in total. The zero-order valence-corrected chi connectivity index (χ0v) is 16.3. The highest BCUT2D eigenvalue weighted by Crippen LogP contribution is 2.24. The Morgan fingerprint density at radius 1 is 1.07 bits per heavy atom. The summed E-state index contributed by atoms with van der Waals surface area (Å²) in [6.45, 7) is 9.91. The number of aryl methyl sites for hydroxylation is 1. The third kappa shape index (κ3) is 4.48. The Morgan fingerprint density at radius 2 is 1.78 bits per heavy atom. The van der Waals surface area contributed by atoms with Crippen molar-refractivity contribution in [2.45, 2.75) is 33.4 Å². The number of halogens is 1. The maximum atomic E-state index is 13.7. The van der Waals surface area contributed by atoms with Crippen LogP contribution in [0.3, 0.4) is 0 Å². The van der Waals surface area contributed by atoms with Gasteiger partial charge in [0.1, 0.15) is 5.82 Å². The van der Waals surface area contributed by atoms with E-state index in [1.165, 1.54) is 22.9 Å². The normalized spacial score (nSPS) is 16.2. The number of anilines is 1. The van der Waals surface area contributed by atoms with Gasteiger partial charge >= 0.3 is 0 Å². The van der Waals surface area contributed by atoms with Crippen LogP contribution in [0.2, 0.25) is 0 Å². The highest BCUT2D eigenvalue weighted by Gasteiger charge is 2.26. The molecule has 5 heteroatoms. The summed E-state index contributed by atoms with van der Waals surface area (Å²) >= 11 is 0. The van der Waals surface area contributed by atoms with Crippen LogP contribution in [0.15, 0.2) is 42.5 Å². The van der Waals surface area contributed by atoms with E-state index in [-0.39, 0.29) is 24.3 Å². The molecule has 1 heterocycles. The number of rotatable bonds is 5. The summed E-state index contributed by atoms with van der Waals surface area (Å²) in [5.74, 6) is -0.342. The monoisotopic (exact) mass is 369 g/mol. The minimum atomic E-state index is -0.285. The maximum Gasteiger partial charge on any atom is 0.237 e. The first kappa shape index (κ1) is 19.4. The molecule has 3 rings (SSSR count). The number of carbonyl (C=O) groups excluding carboxylic acids is 1. The van der Waals surface area contributed by atoms with Crippen LogP contribution in [-0.4, -0.2) is 43.0 Å². The molecule has 1 unspecified atom stereocenters. The van der Waals surface area contributed by atoms with Gasteiger partial charge < -0.3 is 10.2 Å². The van der Waals surface area contributed by atoms with Gasteiger partial charge in [0.2, 0.25) is 5.91 Å². The van der Waals surface area contributed by atoms with Crippen LogP contribution < -0.4 is 10.2 Å². The molecule has 0 bridgehead atoms. The van der Waals surface area contributed by atoms with Gasteiger partial charge in [-0.2, -0.15) is 0 Å². The van der Waals surface area contributed by atoms with Gasteiger partial charge in [-0.15, -0.1) is 0 Å². The first-order valence-electron chi connectivity index (χ1n) is 9.53. The SMILES string of the molecule is Cc1cccc(N2CCN(C(C)C(=O)NCc3ccccc3F)CC2)c1C. The number of carbonyl (C=O) groups is 1.